The van der Waals surface area contributed by atoms with E-state index in [0.717, 1.165) is 13.0 Å². The van der Waals surface area contributed by atoms with Crippen LogP contribution in [-0.2, 0) is 0 Å². The number of hydrogen-bond donors (Lipinski definition) is 3. The van der Waals surface area contributed by atoms with Crippen molar-refractivity contribution in [1.29, 1.82) is 0 Å². The lowest BCUT2D eigenvalue weighted by Gasteiger charge is -2.13. The first-order valence-corrected chi connectivity index (χ1v) is 8.93. The molecule has 0 aliphatic carbocycles. The van der Waals surface area contributed by atoms with Crippen LogP contribution in [0.5, 0.6) is 0 Å². The molecule has 1 amide bonds. The fourth-order valence-electron chi connectivity index (χ4n) is 2.32. The third-order valence-electron chi connectivity index (χ3n) is 3.75. The normalized spacial score (nSPS) is 10.3. The molecule has 0 aliphatic rings. The summed E-state index contributed by atoms with van der Waals surface area (Å²) in [6.07, 6.45) is 0.976. The van der Waals surface area contributed by atoms with Gasteiger partial charge in [0.05, 0.1) is 5.56 Å². The van der Waals surface area contributed by atoms with E-state index in [1.54, 1.807) is 48.5 Å². The molecule has 0 aliphatic heterocycles. The molecule has 2 aromatic carbocycles. The Balaban J connectivity index is 2.01. The summed E-state index contributed by atoms with van der Waals surface area (Å²) < 4.78 is 0. The van der Waals surface area contributed by atoms with Crippen molar-refractivity contribution in [3.05, 3.63) is 71.3 Å². The summed E-state index contributed by atoms with van der Waals surface area (Å²) in [6.45, 7) is 4.98. The van der Waals surface area contributed by atoms with Gasteiger partial charge in [0.15, 0.2) is 10.9 Å². The van der Waals surface area contributed by atoms with Crippen LogP contribution in [-0.4, -0.2) is 23.3 Å². The second-order valence-electron chi connectivity index (χ2n) is 6.26. The van der Waals surface area contributed by atoms with E-state index in [2.05, 4.69) is 30.0 Å². The van der Waals surface area contributed by atoms with Gasteiger partial charge in [0.1, 0.15) is 0 Å². The van der Waals surface area contributed by atoms with Crippen molar-refractivity contribution in [2.45, 2.75) is 20.3 Å². The molecular weight excluding hydrogens is 346 g/mol. The van der Waals surface area contributed by atoms with E-state index >= 15 is 0 Å². The quantitative estimate of drug-likeness (QED) is 0.415. The molecule has 0 saturated heterocycles. The van der Waals surface area contributed by atoms with Gasteiger partial charge in [0.2, 0.25) is 0 Å². The van der Waals surface area contributed by atoms with Gasteiger partial charge in [-0.25, -0.2) is 0 Å². The van der Waals surface area contributed by atoms with Crippen LogP contribution in [0.2, 0.25) is 0 Å². The number of thiocarbonyl (C=S) groups is 1. The smallest absolute Gasteiger partial charge is 0.270 e. The fraction of sp³-hybridized carbons (Fsp3) is 0.250. The topological polar surface area (TPSA) is 70.2 Å². The number of benzene rings is 2. The number of amides is 1. The molecule has 0 unspecified atom stereocenters. The number of hydrazine groups is 1. The van der Waals surface area contributed by atoms with Crippen molar-refractivity contribution in [2.24, 2.45) is 5.92 Å². The van der Waals surface area contributed by atoms with Gasteiger partial charge < -0.3 is 5.32 Å². The Morgan fingerprint density at radius 3 is 2.19 bits per heavy atom. The van der Waals surface area contributed by atoms with Gasteiger partial charge in [-0.1, -0.05) is 62.4 Å². The first-order valence-electron chi connectivity index (χ1n) is 8.52. The van der Waals surface area contributed by atoms with Crippen LogP contribution in [0.25, 0.3) is 0 Å². The SMILES string of the molecule is CC(C)CCNC(=S)NNC(=O)c1ccccc1C(=O)c1ccccc1. The fourth-order valence-corrected chi connectivity index (χ4v) is 2.48. The van der Waals surface area contributed by atoms with Crippen LogP contribution >= 0.6 is 12.2 Å². The number of carbonyl (C=O) groups excluding carboxylic acids is 2. The van der Waals surface area contributed by atoms with Crippen LogP contribution in [0.3, 0.4) is 0 Å². The molecule has 0 fully saturated rings. The van der Waals surface area contributed by atoms with E-state index in [-0.39, 0.29) is 5.78 Å². The standard InChI is InChI=1S/C20H23N3O2S/c1-14(2)12-13-21-20(26)23-22-19(25)17-11-7-6-10-16(17)18(24)15-8-4-3-5-9-15/h3-11,14H,12-13H2,1-2H3,(H,22,25)(H2,21,23,26). The van der Waals surface area contributed by atoms with Crippen molar-refractivity contribution in [1.82, 2.24) is 16.2 Å². The summed E-state index contributed by atoms with van der Waals surface area (Å²) in [5.41, 5.74) is 6.38. The van der Waals surface area contributed by atoms with Gasteiger partial charge >= 0.3 is 0 Å². The van der Waals surface area contributed by atoms with Gasteiger partial charge in [-0.3, -0.25) is 20.4 Å². The number of hydrogen-bond acceptors (Lipinski definition) is 3. The highest BCUT2D eigenvalue weighted by Crippen LogP contribution is 2.14. The lowest BCUT2D eigenvalue weighted by Crippen LogP contribution is -2.47. The maximum atomic E-state index is 12.7. The Morgan fingerprint density at radius 2 is 1.54 bits per heavy atom. The minimum atomic E-state index is -0.419. The van der Waals surface area contributed by atoms with Crippen LogP contribution in [0.1, 0.15) is 46.5 Å². The predicted molar refractivity (Wildman–Crippen MR) is 107 cm³/mol. The molecule has 2 aromatic rings. The molecule has 0 saturated carbocycles. The number of nitrogens with one attached hydrogen (secondary N) is 3. The molecule has 0 bridgehead atoms. The average Bonchev–Trinajstić information content (AvgIpc) is 2.66. The molecule has 0 heterocycles. The number of carbonyl (C=O) groups is 2. The van der Waals surface area contributed by atoms with Crippen LogP contribution in [0.15, 0.2) is 54.6 Å². The van der Waals surface area contributed by atoms with Gasteiger partial charge in [0, 0.05) is 17.7 Å². The minimum absolute atomic E-state index is 0.200. The molecule has 0 atom stereocenters. The van der Waals surface area contributed by atoms with E-state index in [1.165, 1.54) is 0 Å². The molecule has 26 heavy (non-hydrogen) atoms. The Kier molecular flexibility index (Phi) is 7.29. The molecule has 0 radical (unpaired) electrons. The van der Waals surface area contributed by atoms with Gasteiger partial charge in [0.25, 0.3) is 5.91 Å². The molecule has 0 spiro atoms. The molecule has 136 valence electrons. The molecule has 6 heteroatoms. The zero-order chi connectivity index (χ0) is 18.9. The van der Waals surface area contributed by atoms with E-state index in [1.807, 2.05) is 6.07 Å². The summed E-state index contributed by atoms with van der Waals surface area (Å²) in [4.78, 5) is 25.2. The monoisotopic (exact) mass is 369 g/mol. The Bertz CT molecular complexity index is 776. The van der Waals surface area contributed by atoms with Crippen LogP contribution in [0.4, 0.5) is 0 Å². The lowest BCUT2D eigenvalue weighted by atomic mass is 9.98. The van der Waals surface area contributed by atoms with Gasteiger partial charge in [-0.05, 0) is 30.6 Å². The largest absolute Gasteiger partial charge is 0.361 e. The summed E-state index contributed by atoms with van der Waals surface area (Å²) in [5, 5.41) is 3.36. The van der Waals surface area contributed by atoms with Crippen LogP contribution < -0.4 is 16.2 Å². The summed E-state index contributed by atoms with van der Waals surface area (Å²) in [5.74, 6) is -0.0531. The molecule has 5 nitrogen and oxygen atoms in total. The minimum Gasteiger partial charge on any atom is -0.361 e. The first kappa shape index (κ1) is 19.6. The average molecular weight is 369 g/mol. The highest BCUT2D eigenvalue weighted by molar-refractivity contribution is 7.80. The van der Waals surface area contributed by atoms with Gasteiger partial charge in [-0.15, -0.1) is 0 Å². The van der Waals surface area contributed by atoms with Gasteiger partial charge in [-0.2, -0.15) is 0 Å². The maximum Gasteiger partial charge on any atom is 0.270 e. The summed E-state index contributed by atoms with van der Waals surface area (Å²) >= 11 is 5.13. The zero-order valence-electron chi connectivity index (χ0n) is 14.9. The molecule has 0 aromatic heterocycles. The van der Waals surface area contributed by atoms with Crippen molar-refractivity contribution in [2.75, 3.05) is 6.54 Å². The molecular formula is C20H23N3O2S. The van der Waals surface area contributed by atoms with E-state index in [4.69, 9.17) is 12.2 Å². The van der Waals surface area contributed by atoms with Crippen molar-refractivity contribution in [3.63, 3.8) is 0 Å². The maximum absolute atomic E-state index is 12.7. The van der Waals surface area contributed by atoms with Crippen molar-refractivity contribution < 1.29 is 9.59 Å². The van der Waals surface area contributed by atoms with Crippen LogP contribution in [0, 0.1) is 5.92 Å². The van der Waals surface area contributed by atoms with E-state index in [9.17, 15) is 9.59 Å². The van der Waals surface area contributed by atoms with Crippen molar-refractivity contribution >= 4 is 29.0 Å². The summed E-state index contributed by atoms with van der Waals surface area (Å²) in [6, 6.07) is 15.6. The highest BCUT2D eigenvalue weighted by Gasteiger charge is 2.17. The first-order chi connectivity index (χ1) is 12.5. The molecule has 3 N–H and O–H groups in total. The molecule has 2 rings (SSSR count). The van der Waals surface area contributed by atoms with Crippen molar-refractivity contribution in [3.8, 4) is 0 Å². The second kappa shape index (κ2) is 9.68. The zero-order valence-corrected chi connectivity index (χ0v) is 15.7. The Labute approximate surface area is 159 Å². The highest BCUT2D eigenvalue weighted by atomic mass is 32.1. The number of rotatable bonds is 6. The lowest BCUT2D eigenvalue weighted by molar-refractivity contribution is 0.0933. The summed E-state index contributed by atoms with van der Waals surface area (Å²) in [7, 11) is 0. The van der Waals surface area contributed by atoms with E-state index in [0.29, 0.717) is 27.7 Å². The third kappa shape index (κ3) is 5.67. The predicted octanol–water partition coefficient (Wildman–Crippen LogP) is 3.07. The third-order valence-corrected chi connectivity index (χ3v) is 4.00. The van der Waals surface area contributed by atoms with E-state index < -0.39 is 5.91 Å². The Hall–Kier alpha value is -2.73. The number of ketones is 1. The Morgan fingerprint density at radius 1 is 0.923 bits per heavy atom. The second-order valence-corrected chi connectivity index (χ2v) is 6.67.